The van der Waals surface area contributed by atoms with Crippen molar-refractivity contribution in [2.24, 2.45) is 11.8 Å². The van der Waals surface area contributed by atoms with Crippen LogP contribution in [0.5, 0.6) is 0 Å². The molecule has 0 radical (unpaired) electrons. The van der Waals surface area contributed by atoms with Gasteiger partial charge in [-0.15, -0.1) is 0 Å². The summed E-state index contributed by atoms with van der Waals surface area (Å²) in [4.78, 5) is 27.0. The lowest BCUT2D eigenvalue weighted by Crippen LogP contribution is -2.43. The number of hydrogen-bond donors (Lipinski definition) is 1. The number of hydrogen-bond acceptors (Lipinski definition) is 2. The molecule has 26 heavy (non-hydrogen) atoms. The summed E-state index contributed by atoms with van der Waals surface area (Å²) in [7, 11) is 0. The van der Waals surface area contributed by atoms with E-state index >= 15 is 0 Å². The van der Waals surface area contributed by atoms with Gasteiger partial charge in [0.05, 0.1) is 0 Å². The van der Waals surface area contributed by atoms with Gasteiger partial charge in [0, 0.05) is 30.6 Å². The Bertz CT molecular complexity index is 604. The molecule has 0 bridgehead atoms. The fraction of sp³-hybridized carbons (Fsp3) is 0.636. The van der Waals surface area contributed by atoms with Crippen molar-refractivity contribution in [3.63, 3.8) is 0 Å². The first-order valence-corrected chi connectivity index (χ1v) is 9.96. The van der Waals surface area contributed by atoms with E-state index in [9.17, 15) is 9.59 Å². The number of piperidine rings is 1. The third-order valence-electron chi connectivity index (χ3n) is 5.53. The predicted molar refractivity (Wildman–Crippen MR) is 107 cm³/mol. The first-order chi connectivity index (χ1) is 12.3. The molecule has 1 fully saturated rings. The summed E-state index contributed by atoms with van der Waals surface area (Å²) in [6.07, 6.45) is 3.27. The Hall–Kier alpha value is -1.84. The molecule has 2 amide bonds. The number of nitrogens with one attached hydrogen (secondary N) is 1. The number of nitrogens with zero attached hydrogens (tertiary/aromatic N) is 1. The van der Waals surface area contributed by atoms with Gasteiger partial charge < -0.3 is 10.2 Å². The average molecular weight is 359 g/mol. The van der Waals surface area contributed by atoms with Crippen LogP contribution in [-0.2, 0) is 15.0 Å². The third-order valence-corrected chi connectivity index (χ3v) is 5.53. The third kappa shape index (κ3) is 5.09. The van der Waals surface area contributed by atoms with E-state index in [0.717, 1.165) is 31.4 Å². The molecule has 1 heterocycles. The van der Waals surface area contributed by atoms with Crippen molar-refractivity contribution in [2.45, 2.75) is 65.7 Å². The van der Waals surface area contributed by atoms with Crippen molar-refractivity contribution < 1.29 is 9.59 Å². The second kappa shape index (κ2) is 8.70. The van der Waals surface area contributed by atoms with Gasteiger partial charge in [0.15, 0.2) is 0 Å². The van der Waals surface area contributed by atoms with Crippen LogP contribution in [0.25, 0.3) is 0 Å². The maximum atomic E-state index is 12.6. The van der Waals surface area contributed by atoms with Crippen LogP contribution in [0.4, 0.5) is 5.69 Å². The van der Waals surface area contributed by atoms with E-state index in [-0.39, 0.29) is 29.1 Å². The number of likely N-dealkylation sites (tertiary alicyclic amines) is 1. The normalized spacial score (nSPS) is 16.0. The van der Waals surface area contributed by atoms with Crippen LogP contribution in [-0.4, -0.2) is 29.8 Å². The van der Waals surface area contributed by atoms with Gasteiger partial charge in [-0.3, -0.25) is 9.59 Å². The first-order valence-electron chi connectivity index (χ1n) is 9.96. The minimum absolute atomic E-state index is 0.0111. The molecule has 0 aromatic heterocycles. The van der Waals surface area contributed by atoms with Crippen LogP contribution in [0.1, 0.15) is 65.9 Å². The highest BCUT2D eigenvalue weighted by molar-refractivity contribution is 5.92. The van der Waals surface area contributed by atoms with Crippen LogP contribution < -0.4 is 5.32 Å². The number of carbonyl (C=O) groups is 2. The fourth-order valence-corrected chi connectivity index (χ4v) is 3.56. The quantitative estimate of drug-likeness (QED) is 0.836. The van der Waals surface area contributed by atoms with Crippen LogP contribution in [0, 0.1) is 11.8 Å². The molecule has 1 aromatic rings. The van der Waals surface area contributed by atoms with Gasteiger partial charge in [-0.2, -0.15) is 0 Å². The topological polar surface area (TPSA) is 49.4 Å². The van der Waals surface area contributed by atoms with E-state index in [1.54, 1.807) is 0 Å². The molecule has 1 aromatic carbocycles. The van der Waals surface area contributed by atoms with Gasteiger partial charge in [-0.1, -0.05) is 46.8 Å². The molecule has 0 saturated carbocycles. The van der Waals surface area contributed by atoms with Gasteiger partial charge in [-0.05, 0) is 48.8 Å². The lowest BCUT2D eigenvalue weighted by Gasteiger charge is -2.33. The molecule has 1 N–H and O–H groups in total. The zero-order chi connectivity index (χ0) is 19.3. The molecule has 1 saturated heterocycles. The second-order valence-corrected chi connectivity index (χ2v) is 8.43. The van der Waals surface area contributed by atoms with Gasteiger partial charge >= 0.3 is 0 Å². The van der Waals surface area contributed by atoms with Crippen LogP contribution in [0.3, 0.4) is 0 Å². The molecule has 0 spiro atoms. The minimum Gasteiger partial charge on any atom is -0.342 e. The van der Waals surface area contributed by atoms with Gasteiger partial charge in [0.2, 0.25) is 11.8 Å². The Morgan fingerprint density at radius 2 is 1.62 bits per heavy atom. The lowest BCUT2D eigenvalue weighted by molar-refractivity contribution is -0.138. The summed E-state index contributed by atoms with van der Waals surface area (Å²) < 4.78 is 0. The summed E-state index contributed by atoms with van der Waals surface area (Å²) >= 11 is 0. The van der Waals surface area contributed by atoms with E-state index in [1.807, 2.05) is 17.0 Å². The summed E-state index contributed by atoms with van der Waals surface area (Å²) in [6.45, 7) is 12.0. The largest absolute Gasteiger partial charge is 0.342 e. The number of rotatable bonds is 5. The highest BCUT2D eigenvalue weighted by Gasteiger charge is 2.29. The monoisotopic (exact) mass is 358 g/mol. The molecule has 0 aliphatic carbocycles. The fourth-order valence-electron chi connectivity index (χ4n) is 3.56. The van der Waals surface area contributed by atoms with Gasteiger partial charge in [0.25, 0.3) is 0 Å². The molecule has 4 heteroatoms. The average Bonchev–Trinajstić information content (AvgIpc) is 2.62. The zero-order valence-corrected chi connectivity index (χ0v) is 17.0. The second-order valence-electron chi connectivity index (χ2n) is 8.43. The number of anilines is 1. The van der Waals surface area contributed by atoms with Gasteiger partial charge in [0.1, 0.15) is 0 Å². The Labute approximate surface area is 158 Å². The molecule has 2 rings (SSSR count). The van der Waals surface area contributed by atoms with E-state index in [2.05, 4.69) is 52.1 Å². The Kier molecular flexibility index (Phi) is 6.85. The van der Waals surface area contributed by atoms with E-state index in [0.29, 0.717) is 13.1 Å². The number of benzene rings is 1. The zero-order valence-electron chi connectivity index (χ0n) is 17.0. The molecule has 1 aliphatic heterocycles. The summed E-state index contributed by atoms with van der Waals surface area (Å²) in [6, 6.07) is 8.10. The SMILES string of the molecule is CCC(CC)C(=O)N1CCC(C(=O)Nc2ccc(C(C)(C)C)cc2)CC1. The summed E-state index contributed by atoms with van der Waals surface area (Å²) in [5.41, 5.74) is 2.21. The number of carbonyl (C=O) groups excluding carboxylic acids is 2. The Morgan fingerprint density at radius 1 is 1.08 bits per heavy atom. The number of amides is 2. The van der Waals surface area contributed by atoms with Crippen molar-refractivity contribution >= 4 is 17.5 Å². The van der Waals surface area contributed by atoms with E-state index in [4.69, 9.17) is 0 Å². The maximum absolute atomic E-state index is 12.6. The predicted octanol–water partition coefficient (Wildman–Crippen LogP) is 4.60. The van der Waals surface area contributed by atoms with Crippen LogP contribution in [0.15, 0.2) is 24.3 Å². The molecule has 1 aliphatic rings. The molecule has 0 unspecified atom stereocenters. The molecular formula is C22H34N2O2. The molecule has 144 valence electrons. The highest BCUT2D eigenvalue weighted by Crippen LogP contribution is 2.25. The minimum atomic E-state index is -0.0111. The smallest absolute Gasteiger partial charge is 0.227 e. The van der Waals surface area contributed by atoms with Crippen molar-refractivity contribution in [3.8, 4) is 0 Å². The van der Waals surface area contributed by atoms with Crippen molar-refractivity contribution in [1.82, 2.24) is 4.90 Å². The Balaban J connectivity index is 1.87. The van der Waals surface area contributed by atoms with Gasteiger partial charge in [-0.25, -0.2) is 0 Å². The highest BCUT2D eigenvalue weighted by atomic mass is 16.2. The lowest BCUT2D eigenvalue weighted by atomic mass is 9.87. The molecule has 4 nitrogen and oxygen atoms in total. The van der Waals surface area contributed by atoms with Crippen LogP contribution >= 0.6 is 0 Å². The Morgan fingerprint density at radius 3 is 2.08 bits per heavy atom. The van der Waals surface area contributed by atoms with E-state index in [1.165, 1.54) is 5.56 Å². The van der Waals surface area contributed by atoms with E-state index < -0.39 is 0 Å². The molecular weight excluding hydrogens is 324 g/mol. The van der Waals surface area contributed by atoms with Crippen molar-refractivity contribution in [3.05, 3.63) is 29.8 Å². The van der Waals surface area contributed by atoms with Crippen molar-refractivity contribution in [2.75, 3.05) is 18.4 Å². The molecule has 0 atom stereocenters. The first kappa shape index (κ1) is 20.5. The summed E-state index contributed by atoms with van der Waals surface area (Å²) in [5, 5.41) is 3.04. The summed E-state index contributed by atoms with van der Waals surface area (Å²) in [5.74, 6) is 0.444. The van der Waals surface area contributed by atoms with Crippen molar-refractivity contribution in [1.29, 1.82) is 0 Å². The van der Waals surface area contributed by atoms with Crippen LogP contribution in [0.2, 0.25) is 0 Å². The maximum Gasteiger partial charge on any atom is 0.227 e. The standard InChI is InChI=1S/C22H34N2O2/c1-6-16(7-2)21(26)24-14-12-17(13-15-24)20(25)23-19-10-8-18(9-11-19)22(3,4)5/h8-11,16-17H,6-7,12-15H2,1-5H3,(H,23,25).